The summed E-state index contributed by atoms with van der Waals surface area (Å²) in [7, 11) is 0. The lowest BCUT2D eigenvalue weighted by Crippen LogP contribution is -2.21. The van der Waals surface area contributed by atoms with Gasteiger partial charge >= 0.3 is 0 Å². The quantitative estimate of drug-likeness (QED) is 0.759. The third kappa shape index (κ3) is 2.73. The lowest BCUT2D eigenvalue weighted by Gasteiger charge is -2.04. The predicted molar refractivity (Wildman–Crippen MR) is 96.0 cm³/mol. The zero-order chi connectivity index (χ0) is 15.6. The van der Waals surface area contributed by atoms with Crippen LogP contribution in [-0.4, -0.2) is 11.1 Å². The Morgan fingerprint density at radius 1 is 0.870 bits per heavy atom. The maximum absolute atomic E-state index is 12.2. The SMILES string of the molecule is O=C1NC(=Nc2cccc3ccccc23)SC1c1ccccc1. The van der Waals surface area contributed by atoms with Crippen molar-refractivity contribution in [2.75, 3.05) is 0 Å². The van der Waals surface area contributed by atoms with E-state index < -0.39 is 0 Å². The second-order valence-electron chi connectivity index (χ2n) is 5.31. The molecule has 4 rings (SSSR count). The molecule has 112 valence electrons. The van der Waals surface area contributed by atoms with Crippen molar-refractivity contribution in [1.29, 1.82) is 0 Å². The number of hydrogen-bond acceptors (Lipinski definition) is 3. The average molecular weight is 318 g/mol. The van der Waals surface area contributed by atoms with Gasteiger partial charge < -0.3 is 5.32 Å². The van der Waals surface area contributed by atoms with Gasteiger partial charge in [-0.25, -0.2) is 4.99 Å². The molecule has 1 heterocycles. The number of carbonyl (C=O) groups is 1. The summed E-state index contributed by atoms with van der Waals surface area (Å²) in [4.78, 5) is 16.9. The van der Waals surface area contributed by atoms with Crippen molar-refractivity contribution in [1.82, 2.24) is 5.32 Å². The van der Waals surface area contributed by atoms with Crippen LogP contribution in [0.15, 0.2) is 77.8 Å². The molecule has 0 bridgehead atoms. The summed E-state index contributed by atoms with van der Waals surface area (Å²) in [6.07, 6.45) is 0. The Labute approximate surface area is 138 Å². The fourth-order valence-corrected chi connectivity index (χ4v) is 3.68. The van der Waals surface area contributed by atoms with E-state index in [1.807, 2.05) is 60.7 Å². The van der Waals surface area contributed by atoms with E-state index in [2.05, 4.69) is 22.4 Å². The van der Waals surface area contributed by atoms with E-state index >= 15 is 0 Å². The van der Waals surface area contributed by atoms with Crippen LogP contribution in [0.25, 0.3) is 10.8 Å². The van der Waals surface area contributed by atoms with Crippen LogP contribution in [-0.2, 0) is 4.79 Å². The van der Waals surface area contributed by atoms with E-state index in [4.69, 9.17) is 0 Å². The van der Waals surface area contributed by atoms with Crippen LogP contribution in [0.4, 0.5) is 5.69 Å². The lowest BCUT2D eigenvalue weighted by molar-refractivity contribution is -0.118. The number of amides is 1. The molecular weight excluding hydrogens is 304 g/mol. The number of fused-ring (bicyclic) bond motifs is 1. The Hall–Kier alpha value is -2.59. The molecule has 0 saturated carbocycles. The number of carbonyl (C=O) groups excluding carboxylic acids is 1. The first-order valence-electron chi connectivity index (χ1n) is 7.40. The van der Waals surface area contributed by atoms with Crippen molar-refractivity contribution in [3.63, 3.8) is 0 Å². The van der Waals surface area contributed by atoms with E-state index in [1.54, 1.807) is 0 Å². The molecular formula is C19H14N2OS. The highest BCUT2D eigenvalue weighted by Crippen LogP contribution is 2.36. The first-order valence-corrected chi connectivity index (χ1v) is 8.28. The third-order valence-corrected chi connectivity index (χ3v) is 4.93. The van der Waals surface area contributed by atoms with Gasteiger partial charge in [0.15, 0.2) is 5.17 Å². The van der Waals surface area contributed by atoms with Gasteiger partial charge in [0.05, 0.1) is 5.69 Å². The smallest absolute Gasteiger partial charge is 0.244 e. The molecule has 1 N–H and O–H groups in total. The normalized spacial score (nSPS) is 19.2. The Bertz CT molecular complexity index is 900. The molecule has 0 radical (unpaired) electrons. The molecule has 0 spiro atoms. The molecule has 1 amide bonds. The van der Waals surface area contributed by atoms with Gasteiger partial charge in [0.1, 0.15) is 5.25 Å². The molecule has 3 aromatic carbocycles. The topological polar surface area (TPSA) is 41.5 Å². The van der Waals surface area contributed by atoms with Crippen molar-refractivity contribution < 1.29 is 4.79 Å². The minimum atomic E-state index is -0.232. The third-order valence-electron chi connectivity index (χ3n) is 3.79. The average Bonchev–Trinajstić information content (AvgIpc) is 2.96. The summed E-state index contributed by atoms with van der Waals surface area (Å²) in [5.74, 6) is -0.0137. The van der Waals surface area contributed by atoms with E-state index in [0.717, 1.165) is 22.0 Å². The number of benzene rings is 3. The largest absolute Gasteiger partial charge is 0.304 e. The Kier molecular flexibility index (Phi) is 3.60. The van der Waals surface area contributed by atoms with E-state index in [-0.39, 0.29) is 11.2 Å². The Balaban J connectivity index is 1.69. The van der Waals surface area contributed by atoms with Gasteiger partial charge in [-0.3, -0.25) is 4.79 Å². The number of amidine groups is 1. The van der Waals surface area contributed by atoms with Gasteiger partial charge in [0.25, 0.3) is 0 Å². The first kappa shape index (κ1) is 14.0. The van der Waals surface area contributed by atoms with Crippen molar-refractivity contribution in [3.8, 4) is 0 Å². The first-order chi connectivity index (χ1) is 11.3. The van der Waals surface area contributed by atoms with E-state index in [9.17, 15) is 4.79 Å². The minimum absolute atomic E-state index is 0.0137. The number of hydrogen-bond donors (Lipinski definition) is 1. The molecule has 1 unspecified atom stereocenters. The summed E-state index contributed by atoms with van der Waals surface area (Å²) >= 11 is 1.46. The highest BCUT2D eigenvalue weighted by molar-refractivity contribution is 8.15. The van der Waals surface area contributed by atoms with Crippen molar-refractivity contribution in [2.45, 2.75) is 5.25 Å². The van der Waals surface area contributed by atoms with Crippen LogP contribution in [0.2, 0.25) is 0 Å². The molecule has 3 aromatic rings. The standard InChI is InChI=1S/C19H14N2OS/c22-18-17(14-8-2-1-3-9-14)23-19(21-18)20-16-12-6-10-13-7-4-5-11-15(13)16/h1-12,17H,(H,20,21,22). The molecule has 1 fully saturated rings. The fraction of sp³-hybridized carbons (Fsp3) is 0.0526. The van der Waals surface area contributed by atoms with Gasteiger partial charge in [-0.05, 0) is 17.0 Å². The molecule has 1 aliphatic rings. The van der Waals surface area contributed by atoms with Gasteiger partial charge in [-0.2, -0.15) is 0 Å². The van der Waals surface area contributed by atoms with E-state index in [0.29, 0.717) is 5.17 Å². The van der Waals surface area contributed by atoms with Gasteiger partial charge in [-0.1, -0.05) is 78.5 Å². The lowest BCUT2D eigenvalue weighted by atomic mass is 10.1. The van der Waals surface area contributed by atoms with Gasteiger partial charge in [-0.15, -0.1) is 0 Å². The monoisotopic (exact) mass is 318 g/mol. The Morgan fingerprint density at radius 3 is 2.48 bits per heavy atom. The predicted octanol–water partition coefficient (Wildman–Crippen LogP) is 4.43. The van der Waals surface area contributed by atoms with Crippen LogP contribution < -0.4 is 5.32 Å². The summed E-state index contributed by atoms with van der Waals surface area (Å²) in [6.45, 7) is 0. The summed E-state index contributed by atoms with van der Waals surface area (Å²) < 4.78 is 0. The Morgan fingerprint density at radius 2 is 1.61 bits per heavy atom. The second-order valence-corrected chi connectivity index (χ2v) is 6.41. The van der Waals surface area contributed by atoms with Crippen LogP contribution in [0, 0.1) is 0 Å². The highest BCUT2D eigenvalue weighted by Gasteiger charge is 2.31. The van der Waals surface area contributed by atoms with Crippen molar-refractivity contribution in [2.24, 2.45) is 4.99 Å². The maximum atomic E-state index is 12.2. The molecule has 1 atom stereocenters. The number of aliphatic imine (C=N–C) groups is 1. The summed E-state index contributed by atoms with van der Waals surface area (Å²) in [6, 6.07) is 23.9. The molecule has 23 heavy (non-hydrogen) atoms. The zero-order valence-electron chi connectivity index (χ0n) is 12.3. The summed E-state index contributed by atoms with van der Waals surface area (Å²) in [5.41, 5.74) is 1.87. The van der Waals surface area contributed by atoms with Crippen molar-refractivity contribution in [3.05, 3.63) is 78.4 Å². The molecule has 1 saturated heterocycles. The fourth-order valence-electron chi connectivity index (χ4n) is 2.68. The number of nitrogens with one attached hydrogen (secondary N) is 1. The number of rotatable bonds is 2. The maximum Gasteiger partial charge on any atom is 0.244 e. The van der Waals surface area contributed by atoms with Crippen LogP contribution in [0.3, 0.4) is 0 Å². The molecule has 0 aliphatic carbocycles. The molecule has 3 nitrogen and oxygen atoms in total. The van der Waals surface area contributed by atoms with Gasteiger partial charge in [0.2, 0.25) is 5.91 Å². The number of nitrogens with zero attached hydrogens (tertiary/aromatic N) is 1. The summed E-state index contributed by atoms with van der Waals surface area (Å²) in [5, 5.41) is 5.54. The van der Waals surface area contributed by atoms with Gasteiger partial charge in [0, 0.05) is 5.39 Å². The molecule has 1 aliphatic heterocycles. The number of thioether (sulfide) groups is 1. The zero-order valence-corrected chi connectivity index (χ0v) is 13.1. The van der Waals surface area contributed by atoms with Crippen LogP contribution in [0.1, 0.15) is 10.8 Å². The van der Waals surface area contributed by atoms with Crippen LogP contribution in [0.5, 0.6) is 0 Å². The van der Waals surface area contributed by atoms with Crippen LogP contribution >= 0.6 is 11.8 Å². The minimum Gasteiger partial charge on any atom is -0.304 e. The van der Waals surface area contributed by atoms with E-state index in [1.165, 1.54) is 11.8 Å². The molecule has 0 aromatic heterocycles. The van der Waals surface area contributed by atoms with Crippen molar-refractivity contribution >= 4 is 39.3 Å². The molecule has 4 heteroatoms. The highest BCUT2D eigenvalue weighted by atomic mass is 32.2. The second kappa shape index (κ2) is 5.89.